The van der Waals surface area contributed by atoms with Crippen LogP contribution in [0.3, 0.4) is 0 Å². The van der Waals surface area contributed by atoms with E-state index in [-0.39, 0.29) is 107 Å². The molecule has 3 unspecified atom stereocenters. The van der Waals surface area contributed by atoms with E-state index in [9.17, 15) is 37.1 Å². The Hall–Kier alpha value is -6.28. The standard InChI is InChI=1S/C74H118ClF3N12O12/c1-12-46(4)61-70(100)83(7)47(5)65(95)90-39-33-55(90)68(98)85(9)57(42-48-24-15-13-16-25-48)67(97)82(6)44-59(91)79-53(32-30-49-29-31-51(52(75)41-49)74(76,77)78)66(96)89-38-23-28-54(89)64(94)81-73(34-19-20-35-73)72(102)87(11)62(50-26-17-14-18-27-50)71(101)86(10)58(69(99)88-36-21-22-37-88)43-60(92)84(8)56(40-45(2)3)63(93)80-61/h45-58,61-62H,12-44H2,1-11H3,(H,79,91)(H,80,93)(H,81,94)/t46-,47-,49?,51?,52?,53-,54-,55-,56-,57-,58-,61-,62-/m0/s1. The molecule has 102 heavy (non-hydrogen) atoms. The highest BCUT2D eigenvalue weighted by molar-refractivity contribution is 6.21. The highest BCUT2D eigenvalue weighted by Crippen LogP contribution is 2.44. The number of hydrogen-bond donors (Lipinski definition) is 3. The summed E-state index contributed by atoms with van der Waals surface area (Å²) >= 11 is 6.43. The Balaban J connectivity index is 1.17. The number of nitrogens with zero attached hydrogens (tertiary/aromatic N) is 9. The fourth-order valence-electron chi connectivity index (χ4n) is 17.5. The number of carbonyl (C=O) groups is 12. The molecule has 24 nitrogen and oxygen atoms in total. The van der Waals surface area contributed by atoms with Crippen LogP contribution < -0.4 is 16.0 Å². The molecule has 0 aromatic carbocycles. The smallest absolute Gasteiger partial charge is 0.343 e. The number of amides is 12. The van der Waals surface area contributed by atoms with Crippen LogP contribution in [0, 0.1) is 35.5 Å². The van der Waals surface area contributed by atoms with E-state index in [1.807, 2.05) is 20.8 Å². The van der Waals surface area contributed by atoms with Crippen molar-refractivity contribution in [2.24, 2.45) is 35.5 Å². The monoisotopic (exact) mass is 1460 g/mol. The molecule has 8 fully saturated rings. The van der Waals surface area contributed by atoms with Crippen LogP contribution in [-0.4, -0.2) is 261 Å². The molecule has 13 atom stereocenters. The average Bonchev–Trinajstić information content (AvgIpc) is 1.42. The quantitative estimate of drug-likeness (QED) is 0.184. The highest BCUT2D eigenvalue weighted by atomic mass is 35.5. The fraction of sp³-hybridized carbons (Fsp3) is 0.838. The maximum absolute atomic E-state index is 15.8. The zero-order chi connectivity index (χ0) is 74.8. The lowest BCUT2D eigenvalue weighted by Crippen LogP contribution is -2.65. The molecule has 3 N–H and O–H groups in total. The Bertz CT molecular complexity index is 3010. The van der Waals surface area contributed by atoms with E-state index in [4.69, 9.17) is 11.6 Å². The molecule has 4 aliphatic heterocycles. The van der Waals surface area contributed by atoms with Crippen molar-refractivity contribution in [2.45, 2.75) is 286 Å². The van der Waals surface area contributed by atoms with E-state index in [1.165, 1.54) is 88.4 Å². The summed E-state index contributed by atoms with van der Waals surface area (Å²) in [6, 6.07) is -10.7. The molecule has 12 amide bonds. The minimum atomic E-state index is -4.51. The molecule has 8 rings (SSSR count). The summed E-state index contributed by atoms with van der Waals surface area (Å²) in [4.78, 5) is 193. The van der Waals surface area contributed by atoms with Crippen molar-refractivity contribution in [3.05, 3.63) is 0 Å². The van der Waals surface area contributed by atoms with Gasteiger partial charge in [0.15, 0.2) is 0 Å². The van der Waals surface area contributed by atoms with Crippen LogP contribution in [0.1, 0.15) is 214 Å². The minimum Gasteiger partial charge on any atom is -0.343 e. The minimum absolute atomic E-state index is 0.00495. The molecule has 4 aliphatic carbocycles. The molecule has 574 valence electrons. The maximum Gasteiger partial charge on any atom is 0.393 e. The number of carbonyl (C=O) groups excluding carboxylic acids is 12. The number of fused-ring (bicyclic) bond motifs is 2. The fourth-order valence-corrected chi connectivity index (χ4v) is 18.1. The van der Waals surface area contributed by atoms with Crippen LogP contribution >= 0.6 is 11.6 Å². The van der Waals surface area contributed by atoms with E-state index >= 15 is 33.6 Å². The maximum atomic E-state index is 15.8. The van der Waals surface area contributed by atoms with Gasteiger partial charge in [-0.25, -0.2) is 0 Å². The summed E-state index contributed by atoms with van der Waals surface area (Å²) < 4.78 is 42.1. The summed E-state index contributed by atoms with van der Waals surface area (Å²) in [6.07, 6.45) is 7.43. The van der Waals surface area contributed by atoms with Gasteiger partial charge in [0, 0.05) is 73.8 Å². The van der Waals surface area contributed by atoms with E-state index in [0.717, 1.165) is 51.4 Å². The third kappa shape index (κ3) is 19.0. The SMILES string of the molecule is CC[C@H](C)[C@@H]1NC(=O)[C@H](CC(C)C)N(C)C(=O)C[C@@H](C(=O)N2CCCC2)N(C)C(=O)[C@H](C2CCCCC2)N(C)C(=O)C2(CCCC2)NC(=O)[C@@H]2CCCN2C(=O)[C@H](CCC2CCC(C(F)(F)F)C(Cl)C2)NC(=O)CN(C)C(=O)[C@H](CC2CCCCC2)N(C)C(=O)[C@@H]2CCN2C(=O)[C@H](C)N(C)C1=O. The second kappa shape index (κ2) is 35.7. The number of halogens is 4. The number of likely N-dealkylation sites (tertiary alicyclic amines) is 1. The summed E-state index contributed by atoms with van der Waals surface area (Å²) in [5.41, 5.74) is -1.55. The summed E-state index contributed by atoms with van der Waals surface area (Å²) in [7, 11) is 8.83. The molecular weight excluding hydrogens is 1340 g/mol. The van der Waals surface area contributed by atoms with Crippen molar-refractivity contribution >= 4 is 82.5 Å². The van der Waals surface area contributed by atoms with Crippen LogP contribution in [0.5, 0.6) is 0 Å². The van der Waals surface area contributed by atoms with E-state index < -0.39 is 167 Å². The van der Waals surface area contributed by atoms with Crippen molar-refractivity contribution in [2.75, 3.05) is 75.0 Å². The van der Waals surface area contributed by atoms with Crippen molar-refractivity contribution in [1.29, 1.82) is 0 Å². The molecule has 4 heterocycles. The molecule has 0 bridgehead atoms. The van der Waals surface area contributed by atoms with Crippen LogP contribution in [-0.2, 0) is 57.5 Å². The van der Waals surface area contributed by atoms with Gasteiger partial charge in [0.25, 0.3) is 0 Å². The molecule has 4 saturated heterocycles. The van der Waals surface area contributed by atoms with Crippen molar-refractivity contribution < 1.29 is 70.7 Å². The lowest BCUT2D eigenvalue weighted by Gasteiger charge is -2.45. The topological polar surface area (TPSA) is 270 Å². The van der Waals surface area contributed by atoms with Gasteiger partial charge in [0.2, 0.25) is 70.9 Å². The number of nitrogens with one attached hydrogen (secondary N) is 3. The lowest BCUT2D eigenvalue weighted by atomic mass is 9.78. The Morgan fingerprint density at radius 2 is 1.22 bits per heavy atom. The number of hydrogen-bond acceptors (Lipinski definition) is 12. The summed E-state index contributed by atoms with van der Waals surface area (Å²) in [6.45, 7) is 9.37. The first-order chi connectivity index (χ1) is 48.2. The van der Waals surface area contributed by atoms with E-state index in [1.54, 1.807) is 11.8 Å². The van der Waals surface area contributed by atoms with Gasteiger partial charge < -0.3 is 60.0 Å². The second-order valence-corrected chi connectivity index (χ2v) is 32.4. The van der Waals surface area contributed by atoms with Gasteiger partial charge in [-0.2, -0.15) is 13.2 Å². The molecule has 0 aromatic rings. The molecule has 1 spiro atoms. The molecule has 0 aromatic heterocycles. The molecular formula is C74H118ClF3N12O12. The third-order valence-corrected chi connectivity index (χ3v) is 25.0. The van der Waals surface area contributed by atoms with Gasteiger partial charge in [-0.1, -0.05) is 98.3 Å². The van der Waals surface area contributed by atoms with E-state index in [2.05, 4.69) is 16.0 Å². The number of likely N-dealkylation sites (N-methyl/N-ethyl adjacent to an activating group) is 6. The van der Waals surface area contributed by atoms with Crippen molar-refractivity contribution in [1.82, 2.24) is 60.0 Å². The number of rotatable bonds is 11. The first kappa shape index (κ1) is 81.4. The molecule has 4 saturated carbocycles. The number of alkyl halides is 4. The molecule has 28 heteroatoms. The van der Waals surface area contributed by atoms with Gasteiger partial charge in [-0.3, -0.25) is 57.5 Å². The normalized spacial score (nSPS) is 31.5. The highest BCUT2D eigenvalue weighted by Gasteiger charge is 2.53. The Kier molecular flexibility index (Phi) is 28.5. The lowest BCUT2D eigenvalue weighted by molar-refractivity contribution is -0.182. The van der Waals surface area contributed by atoms with Crippen LogP contribution in [0.4, 0.5) is 13.2 Å². The molecule has 8 aliphatic rings. The predicted molar refractivity (Wildman–Crippen MR) is 377 cm³/mol. The first-order valence-electron chi connectivity index (χ1n) is 38.3. The largest absolute Gasteiger partial charge is 0.393 e. The Morgan fingerprint density at radius 3 is 1.80 bits per heavy atom. The van der Waals surface area contributed by atoms with E-state index in [0.29, 0.717) is 64.5 Å². The summed E-state index contributed by atoms with van der Waals surface area (Å²) in [5.74, 6) is -10.2. The van der Waals surface area contributed by atoms with Gasteiger partial charge in [-0.05, 0) is 139 Å². The van der Waals surface area contributed by atoms with Gasteiger partial charge in [-0.15, -0.1) is 11.6 Å². The zero-order valence-corrected chi connectivity index (χ0v) is 63.3. The summed E-state index contributed by atoms with van der Waals surface area (Å²) in [5, 5.41) is 7.71. The predicted octanol–water partition coefficient (Wildman–Crippen LogP) is 6.63. The van der Waals surface area contributed by atoms with Gasteiger partial charge in [0.1, 0.15) is 59.9 Å². The van der Waals surface area contributed by atoms with Crippen LogP contribution in [0.15, 0.2) is 0 Å². The van der Waals surface area contributed by atoms with Crippen molar-refractivity contribution in [3.8, 4) is 0 Å². The van der Waals surface area contributed by atoms with Gasteiger partial charge in [0.05, 0.1) is 18.9 Å². The Labute approximate surface area is 607 Å². The second-order valence-electron chi connectivity index (χ2n) is 31.9. The van der Waals surface area contributed by atoms with Crippen LogP contribution in [0.2, 0.25) is 0 Å². The first-order valence-corrected chi connectivity index (χ1v) is 38.7. The Morgan fingerprint density at radius 1 is 0.588 bits per heavy atom. The van der Waals surface area contributed by atoms with Gasteiger partial charge >= 0.3 is 6.18 Å². The molecule has 0 radical (unpaired) electrons. The van der Waals surface area contributed by atoms with Crippen LogP contribution in [0.25, 0.3) is 0 Å². The average molecular weight is 1460 g/mol. The third-order valence-electron chi connectivity index (χ3n) is 24.5. The van der Waals surface area contributed by atoms with Crippen molar-refractivity contribution in [3.63, 3.8) is 0 Å². The zero-order valence-electron chi connectivity index (χ0n) is 62.5.